The van der Waals surface area contributed by atoms with Crippen molar-refractivity contribution in [1.29, 1.82) is 0 Å². The third-order valence-electron chi connectivity index (χ3n) is 5.56. The van der Waals surface area contributed by atoms with Crippen LogP contribution >= 0.6 is 24.0 Å². The topological polar surface area (TPSA) is 23.6 Å². The van der Waals surface area contributed by atoms with E-state index in [0.29, 0.717) is 21.7 Å². The van der Waals surface area contributed by atoms with E-state index in [1.807, 2.05) is 6.08 Å². The molecule has 0 saturated carbocycles. The highest BCUT2D eigenvalue weighted by Crippen LogP contribution is 2.44. The Morgan fingerprint density at radius 1 is 1.41 bits per heavy atom. The lowest BCUT2D eigenvalue weighted by Gasteiger charge is -2.47. The first-order valence-corrected chi connectivity index (χ1v) is 10.7. The predicted molar refractivity (Wildman–Crippen MR) is 121 cm³/mol. The minimum absolute atomic E-state index is 0.0219. The minimum Gasteiger partial charge on any atom is -0.366 e. The Kier molecular flexibility index (Phi) is 5.55. The zero-order valence-corrected chi connectivity index (χ0v) is 18.5. The molecule has 5 heteroatoms. The zero-order valence-electron chi connectivity index (χ0n) is 16.8. The van der Waals surface area contributed by atoms with E-state index in [1.54, 1.807) is 11.0 Å². The van der Waals surface area contributed by atoms with E-state index >= 15 is 0 Å². The van der Waals surface area contributed by atoms with E-state index in [0.717, 1.165) is 18.5 Å². The van der Waals surface area contributed by atoms with Crippen LogP contribution in [0.5, 0.6) is 0 Å². The van der Waals surface area contributed by atoms with Gasteiger partial charge in [0.05, 0.1) is 4.91 Å². The Morgan fingerprint density at radius 3 is 2.74 bits per heavy atom. The second kappa shape index (κ2) is 7.44. The van der Waals surface area contributed by atoms with Gasteiger partial charge >= 0.3 is 0 Å². The number of anilines is 1. The maximum atomic E-state index is 12.7. The van der Waals surface area contributed by atoms with Gasteiger partial charge in [0.25, 0.3) is 5.91 Å². The Hall–Kier alpha value is -1.59. The van der Waals surface area contributed by atoms with Gasteiger partial charge in [-0.3, -0.25) is 9.69 Å². The number of rotatable bonds is 4. The number of carbonyl (C=O) groups excluding carboxylic acids is 1. The normalized spacial score (nSPS) is 23.1. The molecule has 1 aromatic carbocycles. The van der Waals surface area contributed by atoms with Gasteiger partial charge in [-0.15, -0.1) is 6.58 Å². The molecule has 27 heavy (non-hydrogen) atoms. The smallest absolute Gasteiger partial charge is 0.266 e. The summed E-state index contributed by atoms with van der Waals surface area (Å²) in [5, 5.41) is 0. The average molecular weight is 401 g/mol. The summed E-state index contributed by atoms with van der Waals surface area (Å²) < 4.78 is 0.606. The predicted octanol–water partition coefficient (Wildman–Crippen LogP) is 5.49. The molecule has 0 aromatic heterocycles. The van der Waals surface area contributed by atoms with Crippen LogP contribution in [0.1, 0.15) is 56.7 Å². The van der Waals surface area contributed by atoms with Gasteiger partial charge < -0.3 is 4.90 Å². The summed E-state index contributed by atoms with van der Waals surface area (Å²) >= 11 is 6.73. The molecule has 2 heterocycles. The van der Waals surface area contributed by atoms with Gasteiger partial charge in [0.1, 0.15) is 4.32 Å². The quantitative estimate of drug-likeness (QED) is 0.378. The van der Waals surface area contributed by atoms with Gasteiger partial charge in [0.2, 0.25) is 0 Å². The molecule has 0 aliphatic carbocycles. The molecular formula is C22H28N2OS2. The second-order valence-corrected chi connectivity index (χ2v) is 9.69. The molecule has 3 rings (SSSR count). The number of nitrogens with zero attached hydrogens (tertiary/aromatic N) is 2. The van der Waals surface area contributed by atoms with Crippen molar-refractivity contribution in [3.63, 3.8) is 0 Å². The average Bonchev–Trinajstić information content (AvgIpc) is 2.84. The first kappa shape index (κ1) is 20.2. The number of hydrogen-bond donors (Lipinski definition) is 0. The molecule has 1 fully saturated rings. The molecule has 0 unspecified atom stereocenters. The van der Waals surface area contributed by atoms with Crippen LogP contribution in [0.4, 0.5) is 5.69 Å². The van der Waals surface area contributed by atoms with E-state index < -0.39 is 0 Å². The van der Waals surface area contributed by atoms with Gasteiger partial charge in [-0.25, -0.2) is 0 Å². The van der Waals surface area contributed by atoms with E-state index in [2.05, 4.69) is 58.2 Å². The third-order valence-corrected chi connectivity index (χ3v) is 6.94. The number of hydrogen-bond acceptors (Lipinski definition) is 4. The fraction of sp³-hybridized carbons (Fsp3) is 0.455. The maximum Gasteiger partial charge on any atom is 0.266 e. The van der Waals surface area contributed by atoms with Crippen molar-refractivity contribution in [2.24, 2.45) is 0 Å². The number of thiocarbonyl (C=S) groups is 1. The monoisotopic (exact) mass is 400 g/mol. The highest BCUT2D eigenvalue weighted by atomic mass is 32.2. The Balaban J connectivity index is 2.03. The van der Waals surface area contributed by atoms with Gasteiger partial charge in [0.15, 0.2) is 0 Å². The lowest BCUT2D eigenvalue weighted by atomic mass is 9.79. The lowest BCUT2D eigenvalue weighted by Crippen LogP contribution is -2.48. The second-order valence-electron chi connectivity index (χ2n) is 8.01. The highest BCUT2D eigenvalue weighted by molar-refractivity contribution is 8.26. The van der Waals surface area contributed by atoms with E-state index in [1.165, 1.54) is 28.6 Å². The highest BCUT2D eigenvalue weighted by Gasteiger charge is 2.36. The van der Waals surface area contributed by atoms with E-state index in [4.69, 9.17) is 12.2 Å². The van der Waals surface area contributed by atoms with Gasteiger partial charge in [-0.05, 0) is 74.9 Å². The summed E-state index contributed by atoms with van der Waals surface area (Å²) in [7, 11) is 0. The zero-order chi connectivity index (χ0) is 19.9. The van der Waals surface area contributed by atoms with Crippen molar-refractivity contribution in [3.05, 3.63) is 46.4 Å². The van der Waals surface area contributed by atoms with Gasteiger partial charge in [-0.2, -0.15) is 0 Å². The number of thioether (sulfide) groups is 1. The van der Waals surface area contributed by atoms with Crippen LogP contribution in [0.2, 0.25) is 0 Å². The summed E-state index contributed by atoms with van der Waals surface area (Å²) in [6.45, 7) is 16.5. The van der Waals surface area contributed by atoms with Crippen LogP contribution in [0.25, 0.3) is 6.08 Å². The molecule has 2 aliphatic rings. The molecule has 0 spiro atoms. The van der Waals surface area contributed by atoms with Crippen LogP contribution in [0, 0.1) is 6.92 Å². The van der Waals surface area contributed by atoms with Gasteiger partial charge in [0, 0.05) is 24.3 Å². The molecule has 1 saturated heterocycles. The number of amides is 1. The fourth-order valence-corrected chi connectivity index (χ4v) is 5.60. The van der Waals surface area contributed by atoms with Crippen LogP contribution < -0.4 is 4.90 Å². The summed E-state index contributed by atoms with van der Waals surface area (Å²) in [6.07, 6.45) is 4.83. The summed E-state index contributed by atoms with van der Waals surface area (Å²) in [4.78, 5) is 17.5. The van der Waals surface area contributed by atoms with Crippen LogP contribution in [0.3, 0.4) is 0 Å². The molecule has 1 atom stereocenters. The van der Waals surface area contributed by atoms with Crippen LogP contribution in [-0.2, 0) is 4.79 Å². The molecule has 144 valence electrons. The molecule has 2 aliphatic heterocycles. The SMILES string of the molecule is C=CCN1C(=O)/C(=C/c2cc3c(cc2C)N(CC)C(C)(C)C[C@@H]3C)SC1=S. The summed E-state index contributed by atoms with van der Waals surface area (Å²) in [5.74, 6) is 0.465. The molecule has 0 bridgehead atoms. The van der Waals surface area contributed by atoms with E-state index in [9.17, 15) is 4.79 Å². The van der Waals surface area contributed by atoms with Crippen molar-refractivity contribution in [1.82, 2.24) is 4.90 Å². The maximum absolute atomic E-state index is 12.7. The first-order valence-electron chi connectivity index (χ1n) is 9.48. The van der Waals surface area contributed by atoms with Crippen molar-refractivity contribution in [3.8, 4) is 0 Å². The summed E-state index contributed by atoms with van der Waals surface area (Å²) in [6, 6.07) is 4.56. The van der Waals surface area contributed by atoms with Crippen molar-refractivity contribution >= 4 is 46.0 Å². The van der Waals surface area contributed by atoms with Crippen LogP contribution in [-0.4, -0.2) is 33.8 Å². The van der Waals surface area contributed by atoms with Crippen molar-refractivity contribution in [2.75, 3.05) is 18.0 Å². The number of carbonyl (C=O) groups is 1. The third kappa shape index (κ3) is 3.59. The Morgan fingerprint density at radius 2 is 2.11 bits per heavy atom. The van der Waals surface area contributed by atoms with Crippen molar-refractivity contribution in [2.45, 2.75) is 52.5 Å². The molecule has 3 nitrogen and oxygen atoms in total. The Labute approximate surface area is 172 Å². The fourth-order valence-electron chi connectivity index (χ4n) is 4.33. The van der Waals surface area contributed by atoms with E-state index in [-0.39, 0.29) is 11.4 Å². The van der Waals surface area contributed by atoms with Crippen LogP contribution in [0.15, 0.2) is 29.7 Å². The number of aryl methyl sites for hydroxylation is 1. The molecule has 0 N–H and O–H groups in total. The molecular weight excluding hydrogens is 372 g/mol. The first-order chi connectivity index (χ1) is 12.7. The van der Waals surface area contributed by atoms with Crippen molar-refractivity contribution < 1.29 is 4.79 Å². The minimum atomic E-state index is -0.0219. The number of fused-ring (bicyclic) bond motifs is 1. The molecule has 1 aromatic rings. The molecule has 1 amide bonds. The largest absolute Gasteiger partial charge is 0.366 e. The van der Waals surface area contributed by atoms with Gasteiger partial charge in [-0.1, -0.05) is 37.0 Å². The number of benzene rings is 1. The standard InChI is InChI=1S/C22H28N2OS2/c1-7-9-23-20(25)19(27-21(23)26)12-16-11-17-15(4)13-22(5,6)24(8-2)18(17)10-14(16)3/h7,10-12,15H,1,8-9,13H2,2-6H3/b19-12-/t15-/m0/s1. The lowest BCUT2D eigenvalue weighted by molar-refractivity contribution is -0.121. The molecule has 0 radical (unpaired) electrons. The summed E-state index contributed by atoms with van der Waals surface area (Å²) in [5.41, 5.74) is 5.15. The Bertz CT molecular complexity index is 841.